The minimum absolute atomic E-state index is 0.0554. The van der Waals surface area contributed by atoms with Crippen LogP contribution in [0.25, 0.3) is 0 Å². The van der Waals surface area contributed by atoms with Gasteiger partial charge in [-0.05, 0) is 6.92 Å². The maximum absolute atomic E-state index is 12.5. The highest BCUT2D eigenvalue weighted by Crippen LogP contribution is 2.53. The Kier molecular flexibility index (Phi) is 3.98. The van der Waals surface area contributed by atoms with Crippen molar-refractivity contribution in [1.29, 1.82) is 0 Å². The van der Waals surface area contributed by atoms with Crippen LogP contribution in [0.3, 0.4) is 0 Å². The van der Waals surface area contributed by atoms with E-state index in [1.165, 1.54) is 0 Å². The fourth-order valence-corrected chi connectivity index (χ4v) is 3.65. The number of hydrogen-bond acceptors (Lipinski definition) is 6. The van der Waals surface area contributed by atoms with Crippen molar-refractivity contribution >= 4 is 27.9 Å². The van der Waals surface area contributed by atoms with Gasteiger partial charge in [-0.2, -0.15) is 0 Å². The molecule has 0 spiro atoms. The van der Waals surface area contributed by atoms with Crippen molar-refractivity contribution in [3.63, 3.8) is 0 Å². The first-order chi connectivity index (χ1) is 10.0. The molecular formula is C13H17BrO7. The second kappa shape index (κ2) is 5.49. The summed E-state index contributed by atoms with van der Waals surface area (Å²) in [4.78, 5) is 23.9. The minimum atomic E-state index is -1.30. The summed E-state index contributed by atoms with van der Waals surface area (Å²) in [6.45, 7) is 2.21. The number of fused-ring (bicyclic) bond motifs is 3. The third-order valence-corrected chi connectivity index (χ3v) is 4.87. The van der Waals surface area contributed by atoms with Gasteiger partial charge in [0, 0.05) is 6.42 Å². The highest BCUT2D eigenvalue weighted by molar-refractivity contribution is 9.09. The number of carboxylic acid groups (broad SMARTS) is 1. The summed E-state index contributed by atoms with van der Waals surface area (Å²) < 4.78 is 22.0. The Bertz CT molecular complexity index is 456. The van der Waals surface area contributed by atoms with E-state index in [2.05, 4.69) is 15.9 Å². The molecule has 118 valence electrons. The molecule has 8 heteroatoms. The molecule has 0 bridgehead atoms. The van der Waals surface area contributed by atoms with Crippen LogP contribution in [-0.4, -0.2) is 59.7 Å². The maximum Gasteiger partial charge on any atom is 0.339 e. The van der Waals surface area contributed by atoms with Crippen LogP contribution in [0.2, 0.25) is 0 Å². The number of esters is 1. The Balaban J connectivity index is 1.92. The molecule has 1 N–H and O–H groups in total. The molecule has 6 atom stereocenters. The highest BCUT2D eigenvalue weighted by Gasteiger charge is 2.69. The first kappa shape index (κ1) is 15.2. The van der Waals surface area contributed by atoms with Gasteiger partial charge in [0.05, 0.1) is 42.6 Å². The SMILES string of the molecule is CCOC(=O)[C@]12C[C@@H](C(=O)O)[C@@H]3O[C@@H]3[C@H]1CO[C@@H](CBr)O2. The Labute approximate surface area is 130 Å². The third kappa shape index (κ3) is 2.38. The number of carbonyl (C=O) groups excluding carboxylic acids is 1. The normalized spacial score (nSPS) is 44.4. The number of ether oxygens (including phenoxy) is 4. The van der Waals surface area contributed by atoms with Gasteiger partial charge in [-0.25, -0.2) is 4.79 Å². The predicted molar refractivity (Wildman–Crippen MR) is 71.9 cm³/mol. The zero-order valence-corrected chi connectivity index (χ0v) is 13.1. The summed E-state index contributed by atoms with van der Waals surface area (Å²) in [5.74, 6) is -2.59. The minimum Gasteiger partial charge on any atom is -0.481 e. The van der Waals surface area contributed by atoms with E-state index in [9.17, 15) is 14.7 Å². The van der Waals surface area contributed by atoms with Crippen LogP contribution in [0.4, 0.5) is 0 Å². The number of hydrogen-bond donors (Lipinski definition) is 1. The Morgan fingerprint density at radius 2 is 2.19 bits per heavy atom. The van der Waals surface area contributed by atoms with Crippen LogP contribution in [0.1, 0.15) is 13.3 Å². The molecule has 0 aromatic carbocycles. The molecule has 2 heterocycles. The summed E-state index contributed by atoms with van der Waals surface area (Å²) in [7, 11) is 0. The van der Waals surface area contributed by atoms with Gasteiger partial charge in [-0.15, -0.1) is 0 Å². The predicted octanol–water partition coefficient (Wildman–Crippen LogP) is 0.544. The second-order valence-electron chi connectivity index (χ2n) is 5.47. The fraction of sp³-hybridized carbons (Fsp3) is 0.846. The Morgan fingerprint density at radius 1 is 1.43 bits per heavy atom. The van der Waals surface area contributed by atoms with E-state index in [1.807, 2.05) is 0 Å². The largest absolute Gasteiger partial charge is 0.481 e. The second-order valence-corrected chi connectivity index (χ2v) is 6.11. The lowest BCUT2D eigenvalue weighted by Crippen LogP contribution is -2.63. The number of epoxide rings is 1. The zero-order chi connectivity index (χ0) is 15.2. The van der Waals surface area contributed by atoms with Gasteiger partial charge in [-0.1, -0.05) is 15.9 Å². The summed E-state index contributed by atoms with van der Waals surface area (Å²) in [5, 5.41) is 9.74. The average molecular weight is 365 g/mol. The molecule has 0 aromatic heterocycles. The first-order valence-corrected chi connectivity index (χ1v) is 8.06. The molecular weight excluding hydrogens is 348 g/mol. The van der Waals surface area contributed by atoms with E-state index >= 15 is 0 Å². The number of rotatable bonds is 4. The lowest BCUT2D eigenvalue weighted by molar-refractivity contribution is -0.282. The van der Waals surface area contributed by atoms with Gasteiger partial charge < -0.3 is 24.1 Å². The first-order valence-electron chi connectivity index (χ1n) is 6.94. The van der Waals surface area contributed by atoms with Gasteiger partial charge >= 0.3 is 11.9 Å². The average Bonchev–Trinajstić information content (AvgIpc) is 3.25. The standard InChI is InChI=1S/C13H17BrO7/c1-2-18-12(17)13-3-6(11(15)16)9-10(20-9)7(13)5-19-8(4-14)21-13/h6-10H,2-5H2,1H3,(H,15,16)/t6-,7-,8-,9+,10-,13+/m1/s1. The van der Waals surface area contributed by atoms with Crippen LogP contribution >= 0.6 is 15.9 Å². The van der Waals surface area contributed by atoms with E-state index in [0.29, 0.717) is 11.9 Å². The molecule has 0 unspecified atom stereocenters. The summed E-state index contributed by atoms with van der Waals surface area (Å²) in [5.41, 5.74) is -1.30. The van der Waals surface area contributed by atoms with Crippen LogP contribution in [0, 0.1) is 11.8 Å². The van der Waals surface area contributed by atoms with E-state index in [4.69, 9.17) is 18.9 Å². The van der Waals surface area contributed by atoms with Gasteiger partial charge in [0.2, 0.25) is 0 Å². The van der Waals surface area contributed by atoms with E-state index in [1.54, 1.807) is 6.92 Å². The van der Waals surface area contributed by atoms with Crippen LogP contribution in [-0.2, 0) is 28.5 Å². The summed E-state index contributed by atoms with van der Waals surface area (Å²) in [6, 6.07) is 0. The molecule has 3 rings (SSSR count). The molecule has 7 nitrogen and oxygen atoms in total. The summed E-state index contributed by atoms with van der Waals surface area (Å²) >= 11 is 3.26. The summed E-state index contributed by atoms with van der Waals surface area (Å²) in [6.07, 6.45) is -1.22. The van der Waals surface area contributed by atoms with Crippen molar-refractivity contribution < 1.29 is 33.6 Å². The quantitative estimate of drug-likeness (QED) is 0.442. The molecule has 0 amide bonds. The number of carbonyl (C=O) groups is 2. The number of carboxylic acids is 1. The lowest BCUT2D eigenvalue weighted by atomic mass is 9.70. The van der Waals surface area contributed by atoms with E-state index in [0.717, 1.165) is 0 Å². The third-order valence-electron chi connectivity index (χ3n) is 4.34. The Hall–Kier alpha value is -0.700. The molecule has 3 fully saturated rings. The van der Waals surface area contributed by atoms with Crippen molar-refractivity contribution in [2.75, 3.05) is 18.5 Å². The number of aliphatic carboxylic acids is 1. The number of alkyl halides is 1. The lowest BCUT2D eigenvalue weighted by Gasteiger charge is -2.46. The fourth-order valence-electron chi connectivity index (χ4n) is 3.33. The number of halogens is 1. The van der Waals surface area contributed by atoms with Gasteiger partial charge in [0.15, 0.2) is 11.9 Å². The van der Waals surface area contributed by atoms with Gasteiger partial charge in [0.25, 0.3) is 0 Å². The molecule has 1 aliphatic carbocycles. The van der Waals surface area contributed by atoms with Crippen LogP contribution in [0.15, 0.2) is 0 Å². The van der Waals surface area contributed by atoms with Crippen molar-refractivity contribution in [2.24, 2.45) is 11.8 Å². The van der Waals surface area contributed by atoms with Crippen molar-refractivity contribution in [3.8, 4) is 0 Å². The van der Waals surface area contributed by atoms with Crippen LogP contribution in [0.5, 0.6) is 0 Å². The van der Waals surface area contributed by atoms with Crippen LogP contribution < -0.4 is 0 Å². The molecule has 21 heavy (non-hydrogen) atoms. The molecule has 0 aromatic rings. The van der Waals surface area contributed by atoms with Gasteiger partial charge in [0.1, 0.15) is 0 Å². The highest BCUT2D eigenvalue weighted by atomic mass is 79.9. The van der Waals surface area contributed by atoms with Crippen molar-refractivity contribution in [3.05, 3.63) is 0 Å². The smallest absolute Gasteiger partial charge is 0.339 e. The Morgan fingerprint density at radius 3 is 2.81 bits per heavy atom. The maximum atomic E-state index is 12.5. The molecule has 2 aliphatic heterocycles. The zero-order valence-electron chi connectivity index (χ0n) is 11.5. The monoisotopic (exact) mass is 364 g/mol. The topological polar surface area (TPSA) is 94.6 Å². The molecule has 1 saturated carbocycles. The molecule has 2 saturated heterocycles. The molecule has 3 aliphatic rings. The van der Waals surface area contributed by atoms with Crippen molar-refractivity contribution in [1.82, 2.24) is 0 Å². The molecule has 0 radical (unpaired) electrons. The van der Waals surface area contributed by atoms with E-state index in [-0.39, 0.29) is 31.2 Å². The van der Waals surface area contributed by atoms with E-state index < -0.39 is 29.7 Å². The van der Waals surface area contributed by atoms with Crippen molar-refractivity contribution in [2.45, 2.75) is 37.4 Å². The van der Waals surface area contributed by atoms with Gasteiger partial charge in [-0.3, -0.25) is 4.79 Å².